The van der Waals surface area contributed by atoms with E-state index in [0.29, 0.717) is 5.76 Å². The molecule has 2 heterocycles. The number of hydrogen-bond donors (Lipinski definition) is 2. The summed E-state index contributed by atoms with van der Waals surface area (Å²) < 4.78 is 10.6. The first-order valence-corrected chi connectivity index (χ1v) is 8.11. The number of benzene rings is 1. The summed E-state index contributed by atoms with van der Waals surface area (Å²) in [6.07, 6.45) is 3.29. The number of imidazole rings is 1. The summed E-state index contributed by atoms with van der Waals surface area (Å²) in [6, 6.07) is 9.57. The summed E-state index contributed by atoms with van der Waals surface area (Å²) in [4.78, 5) is 19.6. The van der Waals surface area contributed by atoms with Gasteiger partial charge in [0.1, 0.15) is 17.4 Å². The van der Waals surface area contributed by atoms with E-state index in [2.05, 4.69) is 16.0 Å². The SMILES string of the molecule is CCOC(=O)C1=C(C)OC(N)=C(C#N)C1c1cccc(-c2cnc[nH]2)c1. The molecule has 0 radical (unpaired) electrons. The van der Waals surface area contributed by atoms with Gasteiger partial charge in [0.2, 0.25) is 5.88 Å². The Bertz CT molecular complexity index is 936. The van der Waals surface area contributed by atoms with E-state index in [-0.39, 0.29) is 23.6 Å². The smallest absolute Gasteiger partial charge is 0.338 e. The lowest BCUT2D eigenvalue weighted by atomic mass is 9.82. The van der Waals surface area contributed by atoms with E-state index in [1.807, 2.05) is 24.3 Å². The van der Waals surface area contributed by atoms with Crippen LogP contribution in [0.15, 0.2) is 59.6 Å². The summed E-state index contributed by atoms with van der Waals surface area (Å²) in [5.41, 5.74) is 8.81. The number of aromatic nitrogens is 2. The van der Waals surface area contributed by atoms with Gasteiger partial charge in [0, 0.05) is 0 Å². The monoisotopic (exact) mass is 350 g/mol. The quantitative estimate of drug-likeness (QED) is 0.820. The zero-order valence-corrected chi connectivity index (χ0v) is 14.4. The van der Waals surface area contributed by atoms with Crippen LogP contribution >= 0.6 is 0 Å². The minimum absolute atomic E-state index is 0.00464. The number of esters is 1. The Kier molecular flexibility index (Phi) is 4.76. The zero-order chi connectivity index (χ0) is 18.7. The van der Waals surface area contributed by atoms with Crippen molar-refractivity contribution < 1.29 is 14.3 Å². The molecule has 0 aliphatic carbocycles. The molecule has 1 aromatic carbocycles. The van der Waals surface area contributed by atoms with E-state index in [4.69, 9.17) is 15.2 Å². The van der Waals surface area contributed by atoms with Crippen molar-refractivity contribution in [1.29, 1.82) is 5.26 Å². The molecule has 1 atom stereocenters. The molecule has 0 spiro atoms. The number of H-pyrrole nitrogens is 1. The van der Waals surface area contributed by atoms with Gasteiger partial charge in [-0.2, -0.15) is 5.26 Å². The number of carbonyl (C=O) groups excluding carboxylic acids is 1. The summed E-state index contributed by atoms with van der Waals surface area (Å²) >= 11 is 0. The van der Waals surface area contributed by atoms with Crippen LogP contribution in [0.2, 0.25) is 0 Å². The van der Waals surface area contributed by atoms with Crippen LogP contribution in [0.1, 0.15) is 25.3 Å². The van der Waals surface area contributed by atoms with Gasteiger partial charge in [-0.1, -0.05) is 18.2 Å². The second-order valence-corrected chi connectivity index (χ2v) is 5.71. The van der Waals surface area contributed by atoms with Gasteiger partial charge in [0.25, 0.3) is 0 Å². The topological polar surface area (TPSA) is 114 Å². The number of nitrogens with one attached hydrogen (secondary N) is 1. The van der Waals surface area contributed by atoms with E-state index in [9.17, 15) is 10.1 Å². The van der Waals surface area contributed by atoms with Crippen molar-refractivity contribution in [2.45, 2.75) is 19.8 Å². The van der Waals surface area contributed by atoms with Crippen LogP contribution in [0.3, 0.4) is 0 Å². The largest absolute Gasteiger partial charge is 0.463 e. The maximum atomic E-state index is 12.5. The number of allylic oxidation sites excluding steroid dienone is 2. The summed E-state index contributed by atoms with van der Waals surface area (Å²) in [6.45, 7) is 3.58. The van der Waals surface area contributed by atoms with Crippen LogP contribution in [0, 0.1) is 11.3 Å². The van der Waals surface area contributed by atoms with Crippen molar-refractivity contribution in [3.8, 4) is 17.3 Å². The molecule has 0 saturated heterocycles. The fourth-order valence-corrected chi connectivity index (χ4v) is 2.99. The van der Waals surface area contributed by atoms with Crippen LogP contribution < -0.4 is 5.73 Å². The Labute approximate surface area is 150 Å². The van der Waals surface area contributed by atoms with Crippen LogP contribution in [0.25, 0.3) is 11.3 Å². The van der Waals surface area contributed by atoms with Gasteiger partial charge in [0.05, 0.1) is 36.3 Å². The highest BCUT2D eigenvalue weighted by molar-refractivity contribution is 5.92. The molecule has 0 amide bonds. The fraction of sp³-hybridized carbons (Fsp3) is 0.211. The Morgan fingerprint density at radius 2 is 2.31 bits per heavy atom. The summed E-state index contributed by atoms with van der Waals surface area (Å²) in [5.74, 6) is -0.857. The minimum atomic E-state index is -0.657. The first kappa shape index (κ1) is 17.3. The van der Waals surface area contributed by atoms with Gasteiger partial charge < -0.3 is 20.2 Å². The molecule has 132 valence electrons. The van der Waals surface area contributed by atoms with E-state index in [0.717, 1.165) is 16.8 Å². The number of carbonyl (C=O) groups is 1. The molecule has 1 aromatic heterocycles. The van der Waals surface area contributed by atoms with Gasteiger partial charge in [-0.25, -0.2) is 9.78 Å². The molecule has 1 unspecified atom stereocenters. The lowest BCUT2D eigenvalue weighted by Gasteiger charge is -2.27. The molecule has 2 aromatic rings. The molecule has 3 N–H and O–H groups in total. The Morgan fingerprint density at radius 1 is 1.50 bits per heavy atom. The van der Waals surface area contributed by atoms with Crippen molar-refractivity contribution in [2.75, 3.05) is 6.61 Å². The minimum Gasteiger partial charge on any atom is -0.463 e. The number of nitrogens with zero attached hydrogens (tertiary/aromatic N) is 2. The van der Waals surface area contributed by atoms with E-state index in [1.165, 1.54) is 0 Å². The molecule has 0 bridgehead atoms. The Hall–Kier alpha value is -3.53. The van der Waals surface area contributed by atoms with Gasteiger partial charge in [0.15, 0.2) is 0 Å². The maximum Gasteiger partial charge on any atom is 0.338 e. The second-order valence-electron chi connectivity index (χ2n) is 5.71. The van der Waals surface area contributed by atoms with E-state index in [1.54, 1.807) is 26.4 Å². The lowest BCUT2D eigenvalue weighted by Crippen LogP contribution is -2.25. The van der Waals surface area contributed by atoms with Crippen LogP contribution in [0.4, 0.5) is 0 Å². The third kappa shape index (κ3) is 3.05. The maximum absolute atomic E-state index is 12.5. The van der Waals surface area contributed by atoms with Gasteiger partial charge in [-0.3, -0.25) is 0 Å². The van der Waals surface area contributed by atoms with Gasteiger partial charge in [-0.15, -0.1) is 0 Å². The van der Waals surface area contributed by atoms with Gasteiger partial charge >= 0.3 is 5.97 Å². The van der Waals surface area contributed by atoms with Crippen molar-refractivity contribution in [1.82, 2.24) is 9.97 Å². The first-order valence-electron chi connectivity index (χ1n) is 8.11. The molecule has 7 heteroatoms. The number of ether oxygens (including phenoxy) is 2. The standard InChI is InChI=1S/C19H18N4O3/c1-3-25-19(24)16-11(2)26-18(21)14(8-20)17(16)13-6-4-5-12(7-13)15-9-22-10-23-15/h4-7,9-10,17H,3,21H2,1-2H3,(H,22,23). The molecular formula is C19H18N4O3. The van der Waals surface area contributed by atoms with Crippen LogP contribution in [0.5, 0.6) is 0 Å². The number of nitrogens with two attached hydrogens (primary N) is 1. The Balaban J connectivity index is 2.14. The molecule has 7 nitrogen and oxygen atoms in total. The summed E-state index contributed by atoms with van der Waals surface area (Å²) in [7, 11) is 0. The Morgan fingerprint density at radius 3 is 2.96 bits per heavy atom. The third-order valence-electron chi connectivity index (χ3n) is 4.13. The predicted octanol–water partition coefficient (Wildman–Crippen LogP) is 2.72. The third-order valence-corrected chi connectivity index (χ3v) is 4.13. The van der Waals surface area contributed by atoms with Crippen molar-refractivity contribution in [3.63, 3.8) is 0 Å². The average molecular weight is 350 g/mol. The number of aromatic amines is 1. The number of nitriles is 1. The average Bonchev–Trinajstić information content (AvgIpc) is 3.16. The second kappa shape index (κ2) is 7.15. The summed E-state index contributed by atoms with van der Waals surface area (Å²) in [5, 5.41) is 9.60. The van der Waals surface area contributed by atoms with Crippen molar-refractivity contribution in [2.24, 2.45) is 5.73 Å². The molecule has 26 heavy (non-hydrogen) atoms. The molecule has 1 aliphatic rings. The van der Waals surface area contributed by atoms with E-state index < -0.39 is 11.9 Å². The molecule has 0 fully saturated rings. The highest BCUT2D eigenvalue weighted by Crippen LogP contribution is 2.40. The van der Waals surface area contributed by atoms with E-state index >= 15 is 0 Å². The van der Waals surface area contributed by atoms with Gasteiger partial charge in [-0.05, 0) is 31.0 Å². The molecule has 0 saturated carbocycles. The fourth-order valence-electron chi connectivity index (χ4n) is 2.99. The molecular weight excluding hydrogens is 332 g/mol. The van der Waals surface area contributed by atoms with Crippen molar-refractivity contribution >= 4 is 5.97 Å². The first-order chi connectivity index (χ1) is 12.6. The van der Waals surface area contributed by atoms with Crippen LogP contribution in [-0.4, -0.2) is 22.5 Å². The normalized spacial score (nSPS) is 16.9. The highest BCUT2D eigenvalue weighted by atomic mass is 16.5. The highest BCUT2D eigenvalue weighted by Gasteiger charge is 2.36. The number of hydrogen-bond acceptors (Lipinski definition) is 6. The number of rotatable bonds is 4. The predicted molar refractivity (Wildman–Crippen MR) is 94.0 cm³/mol. The molecule has 1 aliphatic heterocycles. The van der Waals surface area contributed by atoms with Crippen LogP contribution in [-0.2, 0) is 14.3 Å². The zero-order valence-electron chi connectivity index (χ0n) is 14.4. The van der Waals surface area contributed by atoms with Crippen molar-refractivity contribution in [3.05, 3.63) is 65.1 Å². The molecule has 3 rings (SSSR count). The lowest BCUT2D eigenvalue weighted by molar-refractivity contribution is -0.139.